The van der Waals surface area contributed by atoms with Crippen LogP contribution in [0.25, 0.3) is 0 Å². The topological polar surface area (TPSA) is 43.0 Å². The van der Waals surface area contributed by atoms with Gasteiger partial charge in [-0.25, -0.2) is 0 Å². The number of halogens is 1. The van der Waals surface area contributed by atoms with Gasteiger partial charge in [-0.3, -0.25) is 4.68 Å². The van der Waals surface area contributed by atoms with E-state index in [1.165, 1.54) is 0 Å². The molecule has 0 aromatic carbocycles. The van der Waals surface area contributed by atoms with E-state index in [1.54, 1.807) is 10.9 Å². The van der Waals surface area contributed by atoms with Crippen molar-refractivity contribution in [2.75, 3.05) is 0 Å². The Kier molecular flexibility index (Phi) is 3.31. The van der Waals surface area contributed by atoms with Gasteiger partial charge in [-0.2, -0.15) is 5.10 Å². The minimum absolute atomic E-state index is 0.685. The van der Waals surface area contributed by atoms with Crippen molar-refractivity contribution in [1.29, 1.82) is 0 Å². The predicted molar refractivity (Wildman–Crippen MR) is 62.2 cm³/mol. The molecule has 2 aromatic rings. The van der Waals surface area contributed by atoms with Gasteiger partial charge in [0.15, 0.2) is 0 Å². The first-order chi connectivity index (χ1) is 7.68. The molecule has 0 aliphatic carbocycles. The highest BCUT2D eigenvalue weighted by Crippen LogP contribution is 2.18. The average molecular weight is 240 g/mol. The summed E-state index contributed by atoms with van der Waals surface area (Å²) in [7, 11) is 1.84. The van der Waals surface area contributed by atoms with E-state index in [2.05, 4.69) is 10.4 Å². The van der Waals surface area contributed by atoms with Crippen LogP contribution < -0.4 is 5.32 Å². The summed E-state index contributed by atoms with van der Waals surface area (Å²) in [6.45, 7) is 3.34. The standard InChI is InChI=1S/C11H14ClN3O/c1-8-10(11(12)15(2)14-8)7-13-6-9-4-3-5-16-9/h3-5,13H,6-7H2,1-2H3. The molecule has 0 aliphatic heterocycles. The van der Waals surface area contributed by atoms with E-state index in [-0.39, 0.29) is 0 Å². The van der Waals surface area contributed by atoms with Crippen LogP contribution in [-0.4, -0.2) is 9.78 Å². The maximum absolute atomic E-state index is 6.11. The van der Waals surface area contributed by atoms with E-state index >= 15 is 0 Å². The van der Waals surface area contributed by atoms with Gasteiger partial charge >= 0.3 is 0 Å². The van der Waals surface area contributed by atoms with Gasteiger partial charge < -0.3 is 9.73 Å². The summed E-state index contributed by atoms with van der Waals surface area (Å²) < 4.78 is 6.90. The molecule has 0 saturated heterocycles. The van der Waals surface area contributed by atoms with Crippen LogP contribution in [0.4, 0.5) is 0 Å². The molecule has 0 spiro atoms. The van der Waals surface area contributed by atoms with Gasteiger partial charge in [-0.15, -0.1) is 0 Å². The molecule has 0 fully saturated rings. The molecular weight excluding hydrogens is 226 g/mol. The minimum atomic E-state index is 0.685. The number of hydrogen-bond acceptors (Lipinski definition) is 3. The SMILES string of the molecule is Cc1nn(C)c(Cl)c1CNCc1ccco1. The van der Waals surface area contributed by atoms with E-state index in [4.69, 9.17) is 16.0 Å². The third-order valence-electron chi connectivity index (χ3n) is 2.45. The van der Waals surface area contributed by atoms with Crippen molar-refractivity contribution in [2.45, 2.75) is 20.0 Å². The smallest absolute Gasteiger partial charge is 0.131 e. The molecular formula is C11H14ClN3O. The molecule has 2 aromatic heterocycles. The Hall–Kier alpha value is -1.26. The van der Waals surface area contributed by atoms with Crippen molar-refractivity contribution in [3.05, 3.63) is 40.6 Å². The molecule has 5 heteroatoms. The van der Waals surface area contributed by atoms with Gasteiger partial charge in [-0.1, -0.05) is 11.6 Å². The number of nitrogens with one attached hydrogen (secondary N) is 1. The highest BCUT2D eigenvalue weighted by molar-refractivity contribution is 6.30. The highest BCUT2D eigenvalue weighted by Gasteiger charge is 2.10. The summed E-state index contributed by atoms with van der Waals surface area (Å²) in [6.07, 6.45) is 1.67. The van der Waals surface area contributed by atoms with E-state index < -0.39 is 0 Å². The number of aromatic nitrogens is 2. The quantitative estimate of drug-likeness (QED) is 0.890. The number of nitrogens with zero attached hydrogens (tertiary/aromatic N) is 2. The second-order valence-electron chi connectivity index (χ2n) is 3.66. The third-order valence-corrected chi connectivity index (χ3v) is 2.92. The van der Waals surface area contributed by atoms with Gasteiger partial charge in [-0.05, 0) is 19.1 Å². The number of hydrogen-bond donors (Lipinski definition) is 1. The second-order valence-corrected chi connectivity index (χ2v) is 4.02. The molecule has 16 heavy (non-hydrogen) atoms. The molecule has 0 radical (unpaired) electrons. The molecule has 86 valence electrons. The molecule has 0 amide bonds. The fourth-order valence-corrected chi connectivity index (χ4v) is 1.84. The molecule has 0 aliphatic rings. The molecule has 1 N–H and O–H groups in total. The summed E-state index contributed by atoms with van der Waals surface area (Å²) in [4.78, 5) is 0. The monoisotopic (exact) mass is 239 g/mol. The van der Waals surface area contributed by atoms with Crippen molar-refractivity contribution >= 4 is 11.6 Å². The molecule has 0 atom stereocenters. The molecule has 0 unspecified atom stereocenters. The largest absolute Gasteiger partial charge is 0.468 e. The first-order valence-electron chi connectivity index (χ1n) is 5.09. The molecule has 2 heterocycles. The molecule has 0 saturated carbocycles. The van der Waals surface area contributed by atoms with Crippen LogP contribution >= 0.6 is 11.6 Å². The lowest BCUT2D eigenvalue weighted by Crippen LogP contribution is -2.12. The Morgan fingerprint density at radius 3 is 2.88 bits per heavy atom. The molecule has 4 nitrogen and oxygen atoms in total. The van der Waals surface area contributed by atoms with Gasteiger partial charge in [0, 0.05) is 19.2 Å². The molecule has 0 bridgehead atoms. The Morgan fingerprint density at radius 1 is 1.50 bits per heavy atom. The zero-order chi connectivity index (χ0) is 11.5. The number of rotatable bonds is 4. The maximum Gasteiger partial charge on any atom is 0.131 e. The minimum Gasteiger partial charge on any atom is -0.468 e. The van der Waals surface area contributed by atoms with Crippen molar-refractivity contribution < 1.29 is 4.42 Å². The second kappa shape index (κ2) is 4.72. The maximum atomic E-state index is 6.11. The van der Waals surface area contributed by atoms with Crippen LogP contribution in [0.1, 0.15) is 17.0 Å². The van der Waals surface area contributed by atoms with Gasteiger partial charge in [0.05, 0.1) is 18.5 Å². The normalized spacial score (nSPS) is 10.9. The van der Waals surface area contributed by atoms with Crippen molar-refractivity contribution in [2.24, 2.45) is 7.05 Å². The van der Waals surface area contributed by atoms with Crippen LogP contribution in [0, 0.1) is 6.92 Å². The first-order valence-corrected chi connectivity index (χ1v) is 5.47. The van der Waals surface area contributed by atoms with Crippen LogP contribution in [0.2, 0.25) is 5.15 Å². The fourth-order valence-electron chi connectivity index (χ4n) is 1.60. The average Bonchev–Trinajstić information content (AvgIpc) is 2.82. The van der Waals surface area contributed by atoms with E-state index in [0.717, 1.165) is 17.0 Å². The van der Waals surface area contributed by atoms with Crippen LogP contribution in [0.15, 0.2) is 22.8 Å². The summed E-state index contributed by atoms with van der Waals surface area (Å²) in [5.41, 5.74) is 2.00. The van der Waals surface area contributed by atoms with Crippen LogP contribution in [-0.2, 0) is 20.1 Å². The summed E-state index contributed by atoms with van der Waals surface area (Å²) in [6, 6.07) is 3.81. The molecule has 2 rings (SSSR count). The summed E-state index contributed by atoms with van der Waals surface area (Å²) >= 11 is 6.11. The zero-order valence-electron chi connectivity index (χ0n) is 9.33. The first kappa shape index (κ1) is 11.2. The summed E-state index contributed by atoms with van der Waals surface area (Å²) in [5.74, 6) is 0.915. The number of furan rings is 1. The lowest BCUT2D eigenvalue weighted by atomic mass is 10.2. The van der Waals surface area contributed by atoms with Crippen LogP contribution in [0.3, 0.4) is 0 Å². The Balaban J connectivity index is 1.95. The predicted octanol–water partition coefficient (Wildman–Crippen LogP) is 2.26. The highest BCUT2D eigenvalue weighted by atomic mass is 35.5. The van der Waals surface area contributed by atoms with E-state index in [9.17, 15) is 0 Å². The van der Waals surface area contributed by atoms with Crippen molar-refractivity contribution in [3.63, 3.8) is 0 Å². The third kappa shape index (κ3) is 2.28. The Labute approximate surface area is 99.2 Å². The van der Waals surface area contributed by atoms with E-state index in [0.29, 0.717) is 18.2 Å². The zero-order valence-corrected chi connectivity index (χ0v) is 10.1. The number of aryl methyl sites for hydroxylation is 2. The van der Waals surface area contributed by atoms with Gasteiger partial charge in [0.1, 0.15) is 10.9 Å². The van der Waals surface area contributed by atoms with Gasteiger partial charge in [0.25, 0.3) is 0 Å². The fraction of sp³-hybridized carbons (Fsp3) is 0.364. The van der Waals surface area contributed by atoms with Gasteiger partial charge in [0.2, 0.25) is 0 Å². The Morgan fingerprint density at radius 2 is 2.31 bits per heavy atom. The lowest BCUT2D eigenvalue weighted by Gasteiger charge is -2.02. The van der Waals surface area contributed by atoms with E-state index in [1.807, 2.05) is 26.1 Å². The van der Waals surface area contributed by atoms with Crippen molar-refractivity contribution in [3.8, 4) is 0 Å². The van der Waals surface area contributed by atoms with Crippen LogP contribution in [0.5, 0.6) is 0 Å². The van der Waals surface area contributed by atoms with Crippen molar-refractivity contribution in [1.82, 2.24) is 15.1 Å². The summed E-state index contributed by atoms with van der Waals surface area (Å²) in [5, 5.41) is 8.20. The lowest BCUT2D eigenvalue weighted by molar-refractivity contribution is 0.483. The Bertz CT molecular complexity index is 462.